The van der Waals surface area contributed by atoms with E-state index < -0.39 is 35.4 Å². The van der Waals surface area contributed by atoms with Crippen molar-refractivity contribution in [2.45, 2.75) is 57.1 Å². The van der Waals surface area contributed by atoms with Gasteiger partial charge in [0.25, 0.3) is 0 Å². The standard InChI is InChI=1S/C18H27N5O6/c1-2-3-11(6-13(24)22-12(16(27)28)4-5-14(25)26)18(29)7-10-8-20-17(19)23-15(10)21-9-18/h8,11-12,29H,2-7,9H2,1H3,(H,22,24)(H,25,26)(H,27,28)(H3,19,20,21,23)/t11-,12-,18-/m0/s1. The fourth-order valence-corrected chi connectivity index (χ4v) is 3.53. The fraction of sp³-hybridized carbons (Fsp3) is 0.611. The summed E-state index contributed by atoms with van der Waals surface area (Å²) >= 11 is 0. The van der Waals surface area contributed by atoms with E-state index in [-0.39, 0.29) is 38.2 Å². The number of aliphatic carboxylic acids is 2. The molecule has 3 atom stereocenters. The number of carboxylic acids is 2. The second kappa shape index (κ2) is 9.50. The van der Waals surface area contributed by atoms with Gasteiger partial charge in [-0.3, -0.25) is 9.59 Å². The van der Waals surface area contributed by atoms with E-state index in [1.807, 2.05) is 6.92 Å². The van der Waals surface area contributed by atoms with Gasteiger partial charge in [0.05, 0.1) is 5.60 Å². The minimum atomic E-state index is -1.30. The van der Waals surface area contributed by atoms with Crippen molar-refractivity contribution in [3.05, 3.63) is 11.8 Å². The molecule has 0 aliphatic carbocycles. The lowest BCUT2D eigenvalue weighted by Gasteiger charge is -2.40. The maximum absolute atomic E-state index is 12.5. The molecule has 11 nitrogen and oxygen atoms in total. The highest BCUT2D eigenvalue weighted by molar-refractivity contribution is 5.84. The molecule has 1 aliphatic heterocycles. The Kier molecular flexibility index (Phi) is 7.32. The number of aromatic nitrogens is 2. The molecule has 1 aliphatic rings. The van der Waals surface area contributed by atoms with Crippen molar-refractivity contribution in [3.8, 4) is 0 Å². The van der Waals surface area contributed by atoms with E-state index >= 15 is 0 Å². The number of carbonyl (C=O) groups excluding carboxylic acids is 1. The molecule has 0 saturated carbocycles. The van der Waals surface area contributed by atoms with Gasteiger partial charge in [-0.15, -0.1) is 0 Å². The van der Waals surface area contributed by atoms with Gasteiger partial charge in [-0.2, -0.15) is 4.98 Å². The number of nitrogens with zero attached hydrogens (tertiary/aromatic N) is 2. The molecule has 2 rings (SSSR count). The van der Waals surface area contributed by atoms with Crippen LogP contribution >= 0.6 is 0 Å². The molecule has 1 aromatic heterocycles. The Morgan fingerprint density at radius 2 is 2.07 bits per heavy atom. The SMILES string of the molecule is CCC[C@@H](CC(=O)N[C@@H](CCC(=O)O)C(=O)O)[C@@]1(O)CNc2nc(N)ncc2C1. The second-order valence-corrected chi connectivity index (χ2v) is 7.32. The van der Waals surface area contributed by atoms with Gasteiger partial charge >= 0.3 is 11.9 Å². The summed E-state index contributed by atoms with van der Waals surface area (Å²) in [5.74, 6) is -2.77. The number of fused-ring (bicyclic) bond motifs is 1. The van der Waals surface area contributed by atoms with Crippen LogP contribution in [0.4, 0.5) is 11.8 Å². The summed E-state index contributed by atoms with van der Waals surface area (Å²) in [6.07, 6.45) is 2.35. The quantitative estimate of drug-likeness (QED) is 0.307. The third-order valence-corrected chi connectivity index (χ3v) is 5.05. The van der Waals surface area contributed by atoms with E-state index in [9.17, 15) is 24.6 Å². The molecule has 29 heavy (non-hydrogen) atoms. The van der Waals surface area contributed by atoms with Gasteiger partial charge in [0.2, 0.25) is 11.9 Å². The summed E-state index contributed by atoms with van der Waals surface area (Å²) in [6.45, 7) is 2.09. The molecule has 1 amide bonds. The summed E-state index contributed by atoms with van der Waals surface area (Å²) in [5, 5.41) is 34.6. The smallest absolute Gasteiger partial charge is 0.326 e. The first kappa shape index (κ1) is 22.3. The number of hydrogen-bond acceptors (Lipinski definition) is 8. The van der Waals surface area contributed by atoms with Crippen LogP contribution in [0.3, 0.4) is 0 Å². The number of nitrogens with two attached hydrogens (primary N) is 1. The molecule has 0 fully saturated rings. The fourth-order valence-electron chi connectivity index (χ4n) is 3.53. The number of aliphatic hydroxyl groups is 1. The molecule has 0 spiro atoms. The van der Waals surface area contributed by atoms with Gasteiger partial charge in [0, 0.05) is 37.6 Å². The van der Waals surface area contributed by atoms with E-state index in [0.29, 0.717) is 24.2 Å². The van der Waals surface area contributed by atoms with Crippen LogP contribution in [0.25, 0.3) is 0 Å². The molecule has 160 valence electrons. The first-order valence-corrected chi connectivity index (χ1v) is 9.46. The molecule has 0 saturated heterocycles. The number of hydrogen-bond donors (Lipinski definition) is 6. The summed E-state index contributed by atoms with van der Waals surface area (Å²) < 4.78 is 0. The van der Waals surface area contributed by atoms with Gasteiger partial charge in [0.15, 0.2) is 0 Å². The molecule has 0 radical (unpaired) electrons. The lowest BCUT2D eigenvalue weighted by molar-refractivity contribution is -0.143. The van der Waals surface area contributed by atoms with Gasteiger partial charge in [-0.25, -0.2) is 9.78 Å². The van der Waals surface area contributed by atoms with Crippen LogP contribution in [0.1, 0.15) is 44.6 Å². The lowest BCUT2D eigenvalue weighted by atomic mass is 9.76. The highest BCUT2D eigenvalue weighted by Gasteiger charge is 2.41. The second-order valence-electron chi connectivity index (χ2n) is 7.32. The van der Waals surface area contributed by atoms with Crippen LogP contribution in [0.5, 0.6) is 0 Å². The van der Waals surface area contributed by atoms with Gasteiger partial charge < -0.3 is 31.7 Å². The Morgan fingerprint density at radius 3 is 2.69 bits per heavy atom. The molecule has 1 aromatic rings. The molecular weight excluding hydrogens is 382 g/mol. The zero-order valence-corrected chi connectivity index (χ0v) is 16.2. The summed E-state index contributed by atoms with van der Waals surface area (Å²) in [6, 6.07) is -1.29. The van der Waals surface area contributed by atoms with Crippen LogP contribution in [0.2, 0.25) is 0 Å². The Bertz CT molecular complexity index is 773. The van der Waals surface area contributed by atoms with Crippen molar-refractivity contribution < 1.29 is 29.7 Å². The van der Waals surface area contributed by atoms with Crippen molar-refractivity contribution in [3.63, 3.8) is 0 Å². The molecule has 7 N–H and O–H groups in total. The van der Waals surface area contributed by atoms with E-state index in [1.54, 1.807) is 0 Å². The van der Waals surface area contributed by atoms with E-state index in [1.165, 1.54) is 6.20 Å². The average molecular weight is 409 g/mol. The van der Waals surface area contributed by atoms with Crippen molar-refractivity contribution >= 4 is 29.6 Å². The topological polar surface area (TPSA) is 188 Å². The third-order valence-electron chi connectivity index (χ3n) is 5.05. The van der Waals surface area contributed by atoms with Gasteiger partial charge in [-0.1, -0.05) is 13.3 Å². The molecule has 0 unspecified atom stereocenters. The van der Waals surface area contributed by atoms with Gasteiger partial charge in [-0.05, 0) is 18.8 Å². The van der Waals surface area contributed by atoms with Gasteiger partial charge in [0.1, 0.15) is 11.9 Å². The van der Waals surface area contributed by atoms with Crippen molar-refractivity contribution in [2.75, 3.05) is 17.6 Å². The minimum absolute atomic E-state index is 0.0893. The zero-order chi connectivity index (χ0) is 21.6. The van der Waals surface area contributed by atoms with Crippen molar-refractivity contribution in [1.82, 2.24) is 15.3 Å². The van der Waals surface area contributed by atoms with Crippen LogP contribution in [-0.4, -0.2) is 61.3 Å². The number of anilines is 2. The maximum Gasteiger partial charge on any atom is 0.326 e. The Hall–Kier alpha value is -2.95. The molecule has 11 heteroatoms. The number of nitrogens with one attached hydrogen (secondary N) is 2. The predicted molar refractivity (Wildman–Crippen MR) is 103 cm³/mol. The van der Waals surface area contributed by atoms with E-state index in [4.69, 9.17) is 10.8 Å². The molecule has 0 aromatic carbocycles. The lowest BCUT2D eigenvalue weighted by Crippen LogP contribution is -2.51. The third kappa shape index (κ3) is 6.01. The minimum Gasteiger partial charge on any atom is -0.481 e. The monoisotopic (exact) mass is 409 g/mol. The normalized spacial score (nSPS) is 20.1. The zero-order valence-electron chi connectivity index (χ0n) is 16.2. The summed E-state index contributed by atoms with van der Waals surface area (Å²) in [5.41, 5.74) is 5.00. The highest BCUT2D eigenvalue weighted by atomic mass is 16.4. The highest BCUT2D eigenvalue weighted by Crippen LogP contribution is 2.34. The summed E-state index contributed by atoms with van der Waals surface area (Å²) in [7, 11) is 0. The van der Waals surface area contributed by atoms with Crippen molar-refractivity contribution in [1.29, 1.82) is 0 Å². The van der Waals surface area contributed by atoms with Crippen LogP contribution in [-0.2, 0) is 20.8 Å². The Labute approximate surface area is 167 Å². The predicted octanol–water partition coefficient (Wildman–Crippen LogP) is -0.00150. The molecule has 2 heterocycles. The Balaban J connectivity index is 2.08. The first-order valence-electron chi connectivity index (χ1n) is 9.46. The van der Waals surface area contributed by atoms with Crippen LogP contribution < -0.4 is 16.4 Å². The molecule has 0 bridgehead atoms. The average Bonchev–Trinajstić information content (AvgIpc) is 2.64. The molecular formula is C18H27N5O6. The number of carboxylic acid groups (broad SMARTS) is 2. The van der Waals surface area contributed by atoms with E-state index in [0.717, 1.165) is 0 Å². The number of β-amino-alcohol motifs (C(OH)–C–C–N with tert-alkyl or cyclic N) is 1. The first-order chi connectivity index (χ1) is 13.6. The maximum atomic E-state index is 12.5. The largest absolute Gasteiger partial charge is 0.481 e. The number of nitrogen functional groups attached to an aromatic ring is 1. The van der Waals surface area contributed by atoms with Crippen molar-refractivity contribution in [2.24, 2.45) is 5.92 Å². The van der Waals surface area contributed by atoms with Crippen LogP contribution in [0.15, 0.2) is 6.20 Å². The van der Waals surface area contributed by atoms with E-state index in [2.05, 4.69) is 20.6 Å². The summed E-state index contributed by atoms with van der Waals surface area (Å²) in [4.78, 5) is 42.5. The Morgan fingerprint density at radius 1 is 1.34 bits per heavy atom. The number of amides is 1. The number of carbonyl (C=O) groups is 3. The van der Waals surface area contributed by atoms with Crippen LogP contribution in [0, 0.1) is 5.92 Å². The number of rotatable bonds is 10.